The molecule has 228 valence electrons. The lowest BCUT2D eigenvalue weighted by Crippen LogP contribution is -2.31. The number of ether oxygens (including phenoxy) is 2. The molecule has 2 heterocycles. The summed E-state index contributed by atoms with van der Waals surface area (Å²) in [4.78, 5) is 18.9. The number of carbonyl (C=O) groups is 1. The average molecular weight is 638 g/mol. The summed E-state index contributed by atoms with van der Waals surface area (Å²) in [7, 11) is 0. The number of halogens is 1. The van der Waals surface area contributed by atoms with E-state index in [0.29, 0.717) is 63.6 Å². The van der Waals surface area contributed by atoms with Gasteiger partial charge in [0.2, 0.25) is 11.1 Å². The molecule has 1 amide bonds. The molecular formula is C35H32ClN5O3S. The summed E-state index contributed by atoms with van der Waals surface area (Å²) in [5, 5.41) is 12.5. The van der Waals surface area contributed by atoms with Gasteiger partial charge in [0, 0.05) is 16.5 Å². The molecule has 5 aromatic rings. The quantitative estimate of drug-likeness (QED) is 0.141. The fourth-order valence-corrected chi connectivity index (χ4v) is 6.22. The van der Waals surface area contributed by atoms with Crippen molar-refractivity contribution in [2.45, 2.75) is 37.4 Å². The lowest BCUT2D eigenvalue weighted by atomic mass is 9.94. The van der Waals surface area contributed by atoms with Gasteiger partial charge in [0.05, 0.1) is 17.9 Å². The zero-order valence-electron chi connectivity index (χ0n) is 24.9. The number of benzene rings is 4. The molecule has 0 aliphatic carbocycles. The molecule has 1 aliphatic heterocycles. The number of amides is 1. The molecular weight excluding hydrogens is 606 g/mol. The molecule has 4 aromatic carbocycles. The highest BCUT2D eigenvalue weighted by Crippen LogP contribution is 2.39. The zero-order valence-corrected chi connectivity index (χ0v) is 26.4. The third-order valence-electron chi connectivity index (χ3n) is 7.25. The standard InChI is InChI=1S/C35H32ClN5O3S/c1-3-43-30-19-10-9-18-29(30)38-33(42)31-23(2)37-34-39-35(45-22-26-14-7-8-17-28(26)36)40-41(34)32(31)25-15-11-16-27(20-25)44-21-24-12-5-4-6-13-24/h4-20,32H,3,21-22H2,1-2H3,(H,38,42)(H,37,39,40). The van der Waals surface area contributed by atoms with Crippen LogP contribution in [0.5, 0.6) is 11.5 Å². The second kappa shape index (κ2) is 13.9. The summed E-state index contributed by atoms with van der Waals surface area (Å²) in [5.74, 6) is 2.15. The van der Waals surface area contributed by atoms with Crippen LogP contribution in [-0.4, -0.2) is 27.3 Å². The van der Waals surface area contributed by atoms with Crippen LogP contribution in [0.1, 0.15) is 36.6 Å². The molecule has 0 saturated heterocycles. The summed E-state index contributed by atoms with van der Waals surface area (Å²) < 4.78 is 13.7. The van der Waals surface area contributed by atoms with Gasteiger partial charge in [-0.3, -0.25) is 4.79 Å². The van der Waals surface area contributed by atoms with Crippen molar-refractivity contribution in [1.29, 1.82) is 0 Å². The first-order chi connectivity index (χ1) is 22.0. The van der Waals surface area contributed by atoms with Crippen molar-refractivity contribution >= 4 is 40.9 Å². The Kier molecular flexibility index (Phi) is 9.38. The topological polar surface area (TPSA) is 90.3 Å². The number of nitrogens with zero attached hydrogens (tertiary/aromatic N) is 3. The van der Waals surface area contributed by atoms with Gasteiger partial charge in [-0.2, -0.15) is 4.98 Å². The first-order valence-corrected chi connectivity index (χ1v) is 16.0. The van der Waals surface area contributed by atoms with Crippen LogP contribution in [0.3, 0.4) is 0 Å². The number of hydrogen-bond donors (Lipinski definition) is 2. The monoisotopic (exact) mass is 637 g/mol. The van der Waals surface area contributed by atoms with Gasteiger partial charge in [-0.15, -0.1) is 5.10 Å². The third kappa shape index (κ3) is 7.00. The van der Waals surface area contributed by atoms with E-state index in [-0.39, 0.29) is 5.91 Å². The van der Waals surface area contributed by atoms with Crippen molar-refractivity contribution in [2.75, 3.05) is 17.2 Å². The summed E-state index contributed by atoms with van der Waals surface area (Å²) >= 11 is 7.88. The molecule has 8 nitrogen and oxygen atoms in total. The molecule has 0 bridgehead atoms. The van der Waals surface area contributed by atoms with Gasteiger partial charge in [0.25, 0.3) is 5.91 Å². The number of carbonyl (C=O) groups excluding carboxylic acids is 1. The predicted molar refractivity (Wildman–Crippen MR) is 179 cm³/mol. The molecule has 10 heteroatoms. The lowest BCUT2D eigenvalue weighted by Gasteiger charge is -2.29. The Bertz CT molecular complexity index is 1840. The molecule has 45 heavy (non-hydrogen) atoms. The van der Waals surface area contributed by atoms with Crippen LogP contribution in [0.4, 0.5) is 11.6 Å². The fraction of sp³-hybridized carbons (Fsp3) is 0.171. The van der Waals surface area contributed by atoms with E-state index in [0.717, 1.165) is 16.7 Å². The van der Waals surface area contributed by atoms with Crippen LogP contribution >= 0.6 is 23.4 Å². The van der Waals surface area contributed by atoms with Crippen LogP contribution in [0.25, 0.3) is 0 Å². The zero-order chi connectivity index (χ0) is 31.2. The van der Waals surface area contributed by atoms with E-state index in [1.165, 1.54) is 11.8 Å². The van der Waals surface area contributed by atoms with Crippen LogP contribution in [0.15, 0.2) is 120 Å². The molecule has 1 aromatic heterocycles. The van der Waals surface area contributed by atoms with Crippen LogP contribution in [0.2, 0.25) is 5.02 Å². The van der Waals surface area contributed by atoms with E-state index in [1.54, 1.807) is 4.68 Å². The van der Waals surface area contributed by atoms with Crippen molar-refractivity contribution in [2.24, 2.45) is 0 Å². The van der Waals surface area contributed by atoms with Crippen molar-refractivity contribution in [3.05, 3.63) is 136 Å². The van der Waals surface area contributed by atoms with Crippen molar-refractivity contribution < 1.29 is 14.3 Å². The normalized spacial score (nSPS) is 14.0. The predicted octanol–water partition coefficient (Wildman–Crippen LogP) is 8.13. The van der Waals surface area contributed by atoms with Gasteiger partial charge >= 0.3 is 0 Å². The Balaban J connectivity index is 1.34. The van der Waals surface area contributed by atoms with Gasteiger partial charge in [0.15, 0.2) is 0 Å². The molecule has 6 rings (SSSR count). The highest BCUT2D eigenvalue weighted by molar-refractivity contribution is 7.98. The summed E-state index contributed by atoms with van der Waals surface area (Å²) in [6.45, 7) is 4.68. The summed E-state index contributed by atoms with van der Waals surface area (Å²) in [6, 6.07) is 32.3. The highest BCUT2D eigenvalue weighted by atomic mass is 35.5. The van der Waals surface area contributed by atoms with Gasteiger partial charge in [-0.1, -0.05) is 96.2 Å². The summed E-state index contributed by atoms with van der Waals surface area (Å²) in [5.41, 5.74) is 4.65. The van der Waals surface area contributed by atoms with E-state index in [1.807, 2.05) is 117 Å². The van der Waals surface area contributed by atoms with Gasteiger partial charge in [0.1, 0.15) is 24.1 Å². The molecule has 0 spiro atoms. The maximum atomic E-state index is 14.1. The van der Waals surface area contributed by atoms with Crippen molar-refractivity contribution in [3.8, 4) is 11.5 Å². The van der Waals surface area contributed by atoms with Gasteiger partial charge in [-0.25, -0.2) is 4.68 Å². The Labute approximate surface area is 271 Å². The smallest absolute Gasteiger partial charge is 0.255 e. The number of allylic oxidation sites excluding steroid dienone is 1. The van der Waals surface area contributed by atoms with E-state index >= 15 is 0 Å². The SMILES string of the molecule is CCOc1ccccc1NC(=O)C1=C(C)Nc2nc(SCc3ccccc3Cl)nn2C1c1cccc(OCc2ccccc2)c1. The average Bonchev–Trinajstić information content (AvgIpc) is 3.46. The molecule has 1 atom stereocenters. The second-order valence-electron chi connectivity index (χ2n) is 10.3. The summed E-state index contributed by atoms with van der Waals surface area (Å²) in [6.07, 6.45) is 0. The largest absolute Gasteiger partial charge is 0.492 e. The van der Waals surface area contributed by atoms with Gasteiger partial charge in [-0.05, 0) is 60.9 Å². The maximum Gasteiger partial charge on any atom is 0.255 e. The minimum atomic E-state index is -0.581. The second-order valence-corrected chi connectivity index (χ2v) is 11.7. The van der Waals surface area contributed by atoms with Gasteiger partial charge < -0.3 is 20.1 Å². The number of para-hydroxylation sites is 2. The maximum absolute atomic E-state index is 14.1. The Morgan fingerprint density at radius 1 is 0.978 bits per heavy atom. The number of fused-ring (bicyclic) bond motifs is 1. The van der Waals surface area contributed by atoms with Crippen LogP contribution < -0.4 is 20.1 Å². The molecule has 0 radical (unpaired) electrons. The lowest BCUT2D eigenvalue weighted by molar-refractivity contribution is -0.113. The fourth-order valence-electron chi connectivity index (χ4n) is 5.11. The van der Waals surface area contributed by atoms with E-state index in [2.05, 4.69) is 10.6 Å². The molecule has 0 fully saturated rings. The Morgan fingerprint density at radius 3 is 2.58 bits per heavy atom. The Morgan fingerprint density at radius 2 is 1.76 bits per heavy atom. The number of aromatic nitrogens is 3. The number of anilines is 2. The molecule has 2 N–H and O–H groups in total. The molecule has 1 unspecified atom stereocenters. The molecule has 1 aliphatic rings. The van der Waals surface area contributed by atoms with E-state index in [9.17, 15) is 4.79 Å². The van der Waals surface area contributed by atoms with Crippen LogP contribution in [-0.2, 0) is 17.2 Å². The molecule has 0 saturated carbocycles. The van der Waals surface area contributed by atoms with E-state index in [4.69, 9.17) is 31.2 Å². The van der Waals surface area contributed by atoms with Crippen molar-refractivity contribution in [1.82, 2.24) is 14.8 Å². The number of rotatable bonds is 11. The number of hydrogen-bond acceptors (Lipinski definition) is 7. The van der Waals surface area contributed by atoms with E-state index < -0.39 is 6.04 Å². The first-order valence-electron chi connectivity index (χ1n) is 14.6. The minimum Gasteiger partial charge on any atom is -0.492 e. The highest BCUT2D eigenvalue weighted by Gasteiger charge is 2.35. The number of nitrogens with one attached hydrogen (secondary N) is 2. The number of thioether (sulfide) groups is 1. The minimum absolute atomic E-state index is 0.279. The van der Waals surface area contributed by atoms with Crippen LogP contribution in [0, 0.1) is 0 Å². The Hall–Kier alpha value is -4.73. The van der Waals surface area contributed by atoms with Crippen molar-refractivity contribution in [3.63, 3.8) is 0 Å². The first kappa shape index (κ1) is 30.3. The third-order valence-corrected chi connectivity index (χ3v) is 8.50.